The van der Waals surface area contributed by atoms with E-state index in [9.17, 15) is 4.79 Å². The van der Waals surface area contributed by atoms with Gasteiger partial charge in [0, 0.05) is 44.6 Å². The largest absolute Gasteiger partial charge is 0.443 e. The van der Waals surface area contributed by atoms with Gasteiger partial charge in [0.15, 0.2) is 0 Å². The number of rotatable bonds is 4. The van der Waals surface area contributed by atoms with Gasteiger partial charge in [-0.3, -0.25) is 5.32 Å². The molecule has 3 heterocycles. The summed E-state index contributed by atoms with van der Waals surface area (Å²) in [6.07, 6.45) is 3.32. The molecule has 0 atom stereocenters. The van der Waals surface area contributed by atoms with Crippen molar-refractivity contribution in [3.05, 3.63) is 65.7 Å². The summed E-state index contributed by atoms with van der Waals surface area (Å²) in [5, 5.41) is 2.98. The fourth-order valence-corrected chi connectivity index (χ4v) is 3.89. The SMILES string of the molecule is O=C(Nc1ccccc1Cc1ccccc1)OC12CCN(CC1)CC2. The minimum Gasteiger partial charge on any atom is -0.443 e. The molecule has 4 heteroatoms. The molecular formula is C21H24N2O2. The molecule has 0 unspecified atom stereocenters. The lowest BCUT2D eigenvalue weighted by atomic mass is 9.83. The average molecular weight is 336 g/mol. The summed E-state index contributed by atoms with van der Waals surface area (Å²) < 4.78 is 5.90. The fourth-order valence-electron chi connectivity index (χ4n) is 3.89. The molecule has 3 saturated heterocycles. The number of nitrogens with zero attached hydrogens (tertiary/aromatic N) is 1. The van der Waals surface area contributed by atoms with Crippen molar-refractivity contribution in [2.45, 2.75) is 31.3 Å². The first-order valence-corrected chi connectivity index (χ1v) is 9.07. The maximum absolute atomic E-state index is 12.5. The lowest BCUT2D eigenvalue weighted by Gasteiger charge is -2.47. The standard InChI is InChI=1S/C21H24N2O2/c24-20(25-21-10-13-23(14-11-21)15-12-21)22-19-9-5-4-8-18(19)16-17-6-2-1-3-7-17/h1-9H,10-16H2,(H,22,24). The second-order valence-corrected chi connectivity index (χ2v) is 7.11. The molecule has 2 aromatic rings. The molecule has 1 N–H and O–H groups in total. The fraction of sp³-hybridized carbons (Fsp3) is 0.381. The molecule has 0 radical (unpaired) electrons. The Hall–Kier alpha value is -2.33. The smallest absolute Gasteiger partial charge is 0.412 e. The van der Waals surface area contributed by atoms with Crippen molar-refractivity contribution in [1.82, 2.24) is 4.90 Å². The van der Waals surface area contributed by atoms with E-state index in [1.54, 1.807) is 0 Å². The number of amides is 1. The molecule has 4 nitrogen and oxygen atoms in total. The van der Waals surface area contributed by atoms with E-state index < -0.39 is 0 Å². The first-order valence-electron chi connectivity index (χ1n) is 9.07. The van der Waals surface area contributed by atoms with Crippen LogP contribution in [0.15, 0.2) is 54.6 Å². The van der Waals surface area contributed by atoms with Crippen LogP contribution in [-0.2, 0) is 11.2 Å². The quantitative estimate of drug-likeness (QED) is 0.915. The number of anilines is 1. The van der Waals surface area contributed by atoms with Gasteiger partial charge in [0.25, 0.3) is 0 Å². The molecule has 1 amide bonds. The van der Waals surface area contributed by atoms with Crippen LogP contribution in [0.25, 0.3) is 0 Å². The highest BCUT2D eigenvalue weighted by Crippen LogP contribution is 2.35. The number of hydrogen-bond donors (Lipinski definition) is 1. The first kappa shape index (κ1) is 16.2. The van der Waals surface area contributed by atoms with Crippen LogP contribution in [-0.4, -0.2) is 36.2 Å². The number of piperidine rings is 3. The van der Waals surface area contributed by atoms with Gasteiger partial charge >= 0.3 is 6.09 Å². The zero-order valence-corrected chi connectivity index (χ0v) is 14.4. The van der Waals surface area contributed by atoms with Gasteiger partial charge in [-0.2, -0.15) is 0 Å². The van der Waals surface area contributed by atoms with E-state index in [1.807, 2.05) is 36.4 Å². The van der Waals surface area contributed by atoms with Crippen LogP contribution in [0.2, 0.25) is 0 Å². The van der Waals surface area contributed by atoms with Gasteiger partial charge in [-0.1, -0.05) is 48.5 Å². The summed E-state index contributed by atoms with van der Waals surface area (Å²) in [7, 11) is 0. The van der Waals surface area contributed by atoms with Crippen molar-refractivity contribution in [3.63, 3.8) is 0 Å². The third kappa shape index (κ3) is 3.69. The monoisotopic (exact) mass is 336 g/mol. The Kier molecular flexibility index (Phi) is 4.45. The van der Waals surface area contributed by atoms with Crippen LogP contribution in [0.5, 0.6) is 0 Å². The van der Waals surface area contributed by atoms with E-state index in [0.29, 0.717) is 0 Å². The molecule has 130 valence electrons. The Labute approximate surface area is 148 Å². The van der Waals surface area contributed by atoms with Crippen LogP contribution in [0.4, 0.5) is 10.5 Å². The van der Waals surface area contributed by atoms with E-state index >= 15 is 0 Å². The lowest BCUT2D eigenvalue weighted by Crippen LogP contribution is -2.54. The van der Waals surface area contributed by atoms with Gasteiger partial charge in [-0.15, -0.1) is 0 Å². The Morgan fingerprint density at radius 2 is 1.60 bits per heavy atom. The van der Waals surface area contributed by atoms with Gasteiger partial charge < -0.3 is 9.64 Å². The number of fused-ring (bicyclic) bond motifs is 3. The first-order chi connectivity index (χ1) is 12.2. The molecule has 2 aromatic carbocycles. The zero-order valence-electron chi connectivity index (χ0n) is 14.4. The Morgan fingerprint density at radius 1 is 0.960 bits per heavy atom. The second-order valence-electron chi connectivity index (χ2n) is 7.11. The summed E-state index contributed by atoms with van der Waals surface area (Å²) in [6.45, 7) is 3.12. The topological polar surface area (TPSA) is 41.6 Å². The molecular weight excluding hydrogens is 312 g/mol. The number of ether oxygens (including phenoxy) is 1. The van der Waals surface area contributed by atoms with E-state index in [1.165, 1.54) is 5.56 Å². The number of benzene rings is 2. The zero-order chi connectivity index (χ0) is 17.1. The molecule has 0 spiro atoms. The van der Waals surface area contributed by atoms with Crippen molar-refractivity contribution >= 4 is 11.8 Å². The summed E-state index contributed by atoms with van der Waals surface area (Å²) >= 11 is 0. The van der Waals surface area contributed by atoms with E-state index in [0.717, 1.165) is 56.6 Å². The minimum atomic E-state index is -0.323. The molecule has 3 fully saturated rings. The van der Waals surface area contributed by atoms with Crippen LogP contribution < -0.4 is 5.32 Å². The van der Waals surface area contributed by atoms with Gasteiger partial charge in [0.1, 0.15) is 5.60 Å². The van der Waals surface area contributed by atoms with Crippen molar-refractivity contribution in [2.75, 3.05) is 25.0 Å². The molecule has 3 aliphatic rings. The Balaban J connectivity index is 1.44. The molecule has 2 bridgehead atoms. The normalized spacial score (nSPS) is 24.7. The van der Waals surface area contributed by atoms with Crippen LogP contribution >= 0.6 is 0 Å². The van der Waals surface area contributed by atoms with Crippen molar-refractivity contribution in [1.29, 1.82) is 0 Å². The molecule has 0 aliphatic carbocycles. The van der Waals surface area contributed by atoms with E-state index in [4.69, 9.17) is 4.74 Å². The number of carbonyl (C=O) groups is 1. The molecule has 5 rings (SSSR count). The van der Waals surface area contributed by atoms with E-state index in [2.05, 4.69) is 28.4 Å². The van der Waals surface area contributed by atoms with Crippen LogP contribution in [0.3, 0.4) is 0 Å². The molecule has 3 aliphatic heterocycles. The van der Waals surface area contributed by atoms with Crippen molar-refractivity contribution in [2.24, 2.45) is 0 Å². The van der Waals surface area contributed by atoms with Crippen molar-refractivity contribution in [3.8, 4) is 0 Å². The number of carbonyl (C=O) groups excluding carboxylic acids is 1. The highest BCUT2D eigenvalue weighted by molar-refractivity contribution is 5.86. The highest BCUT2D eigenvalue weighted by atomic mass is 16.6. The Bertz CT molecular complexity index is 723. The maximum Gasteiger partial charge on any atom is 0.412 e. The van der Waals surface area contributed by atoms with Gasteiger partial charge in [0.05, 0.1) is 0 Å². The minimum absolute atomic E-state index is 0.257. The number of para-hydroxylation sites is 1. The highest BCUT2D eigenvalue weighted by Gasteiger charge is 2.42. The van der Waals surface area contributed by atoms with Gasteiger partial charge in [0.2, 0.25) is 0 Å². The summed E-state index contributed by atoms with van der Waals surface area (Å²) in [5.74, 6) is 0. The number of nitrogens with one attached hydrogen (secondary N) is 1. The summed E-state index contributed by atoms with van der Waals surface area (Å²) in [5.41, 5.74) is 2.90. The summed E-state index contributed by atoms with van der Waals surface area (Å²) in [4.78, 5) is 15.0. The maximum atomic E-state index is 12.5. The third-order valence-electron chi connectivity index (χ3n) is 5.45. The second kappa shape index (κ2) is 6.89. The average Bonchev–Trinajstić information content (AvgIpc) is 2.65. The molecule has 25 heavy (non-hydrogen) atoms. The predicted octanol–water partition coefficient (Wildman–Crippen LogP) is 4.06. The van der Waals surface area contributed by atoms with Gasteiger partial charge in [-0.05, 0) is 23.6 Å². The van der Waals surface area contributed by atoms with E-state index in [-0.39, 0.29) is 11.7 Å². The van der Waals surface area contributed by atoms with Gasteiger partial charge in [-0.25, -0.2) is 4.79 Å². The molecule has 0 aromatic heterocycles. The van der Waals surface area contributed by atoms with Crippen molar-refractivity contribution < 1.29 is 9.53 Å². The summed E-state index contributed by atoms with van der Waals surface area (Å²) in [6, 6.07) is 18.2. The predicted molar refractivity (Wildman–Crippen MR) is 98.8 cm³/mol. The Morgan fingerprint density at radius 3 is 2.32 bits per heavy atom. The van der Waals surface area contributed by atoms with Crippen LogP contribution in [0, 0.1) is 0 Å². The molecule has 0 saturated carbocycles. The number of hydrogen-bond acceptors (Lipinski definition) is 3. The third-order valence-corrected chi connectivity index (χ3v) is 5.45. The van der Waals surface area contributed by atoms with Crippen LogP contribution in [0.1, 0.15) is 30.4 Å². The lowest BCUT2D eigenvalue weighted by molar-refractivity contribution is -0.0742.